The summed E-state index contributed by atoms with van der Waals surface area (Å²) in [4.78, 5) is 22.5. The number of urea groups is 1. The van der Waals surface area contributed by atoms with Gasteiger partial charge in [-0.3, -0.25) is 4.79 Å². The van der Waals surface area contributed by atoms with Gasteiger partial charge in [-0.05, 0) is 6.92 Å². The van der Waals surface area contributed by atoms with Crippen LogP contribution < -0.4 is 0 Å². The van der Waals surface area contributed by atoms with Crippen LogP contribution >= 0.6 is 0 Å². The molecule has 5 nitrogen and oxygen atoms in total. The second-order valence-electron chi connectivity index (χ2n) is 2.10. The van der Waals surface area contributed by atoms with E-state index in [1.165, 1.54) is 0 Å². The molecule has 4 radical (unpaired) electrons. The molecule has 2 amide bonds. The van der Waals surface area contributed by atoms with Crippen LogP contribution in [-0.2, 0) is 4.79 Å². The first kappa shape index (κ1) is 10.7. The fraction of sp³-hybridized carbons (Fsp3) is 0.429. The Morgan fingerprint density at radius 3 is 2.17 bits per heavy atom. The van der Waals surface area contributed by atoms with Crippen molar-refractivity contribution in [2.45, 2.75) is 6.92 Å². The molecule has 0 aromatic rings. The SMILES string of the molecule is [CH]N([CH])C(=O)N(CC)CC(=O)O. The van der Waals surface area contributed by atoms with E-state index in [0.29, 0.717) is 4.90 Å². The summed E-state index contributed by atoms with van der Waals surface area (Å²) >= 11 is 0. The smallest absolute Gasteiger partial charge is 0.323 e. The topological polar surface area (TPSA) is 60.9 Å². The number of carbonyl (C=O) groups is 2. The average Bonchev–Trinajstić information content (AvgIpc) is 1.98. The van der Waals surface area contributed by atoms with Crippen LogP contribution in [0.15, 0.2) is 0 Å². The van der Waals surface area contributed by atoms with Crippen LogP contribution in [0.2, 0.25) is 0 Å². The van der Waals surface area contributed by atoms with Gasteiger partial charge in [0.05, 0.1) is 14.1 Å². The summed E-state index contributed by atoms with van der Waals surface area (Å²) in [6, 6.07) is -0.722. The molecule has 0 aliphatic heterocycles. The number of likely N-dealkylation sites (N-methyl/N-ethyl adjacent to an activating group) is 1. The molecule has 0 atom stereocenters. The van der Waals surface area contributed by atoms with Gasteiger partial charge in [0.2, 0.25) is 0 Å². The van der Waals surface area contributed by atoms with Crippen molar-refractivity contribution >= 4 is 12.0 Å². The molecule has 5 heteroatoms. The molecule has 0 heterocycles. The minimum atomic E-state index is -1.10. The van der Waals surface area contributed by atoms with E-state index >= 15 is 0 Å². The second-order valence-corrected chi connectivity index (χ2v) is 2.10. The van der Waals surface area contributed by atoms with Gasteiger partial charge in [0.15, 0.2) is 0 Å². The van der Waals surface area contributed by atoms with Gasteiger partial charge < -0.3 is 14.9 Å². The predicted molar refractivity (Wildman–Crippen MR) is 40.7 cm³/mol. The third-order valence-electron chi connectivity index (χ3n) is 1.20. The molecule has 0 rings (SSSR count). The Bertz CT molecular complexity index is 179. The fourth-order valence-electron chi connectivity index (χ4n) is 0.641. The number of aliphatic carboxylic acids is 1. The molecular formula is C7H10N2O3. The minimum Gasteiger partial charge on any atom is -0.480 e. The maximum absolute atomic E-state index is 10.9. The molecule has 0 fully saturated rings. The van der Waals surface area contributed by atoms with Crippen LogP contribution in [-0.4, -0.2) is 40.0 Å². The van der Waals surface area contributed by atoms with Gasteiger partial charge in [0.1, 0.15) is 6.54 Å². The molecule has 1 N–H and O–H groups in total. The summed E-state index contributed by atoms with van der Waals surface area (Å²) < 4.78 is 0. The Morgan fingerprint density at radius 1 is 1.42 bits per heavy atom. The zero-order valence-electron chi connectivity index (χ0n) is 6.73. The third-order valence-corrected chi connectivity index (χ3v) is 1.20. The standard InChI is InChI=1S/C7H10N2O3/c1-4-9(5-6(10)11)7(12)8(2)3/h2-3H,4-5H2,1H3,(H,10,11). The van der Waals surface area contributed by atoms with E-state index in [1.54, 1.807) is 6.92 Å². The Labute approximate surface area is 71.6 Å². The van der Waals surface area contributed by atoms with Crippen molar-refractivity contribution < 1.29 is 14.7 Å². The van der Waals surface area contributed by atoms with Crippen molar-refractivity contribution in [2.75, 3.05) is 13.1 Å². The van der Waals surface area contributed by atoms with E-state index in [9.17, 15) is 9.59 Å². The highest BCUT2D eigenvalue weighted by atomic mass is 16.4. The van der Waals surface area contributed by atoms with E-state index in [0.717, 1.165) is 4.90 Å². The first-order valence-electron chi connectivity index (χ1n) is 3.29. The van der Waals surface area contributed by atoms with Gasteiger partial charge in [-0.1, -0.05) is 0 Å². The molecule has 0 bridgehead atoms. The zero-order chi connectivity index (χ0) is 9.72. The van der Waals surface area contributed by atoms with Gasteiger partial charge in [-0.15, -0.1) is 0 Å². The van der Waals surface area contributed by atoms with E-state index < -0.39 is 18.5 Å². The Kier molecular flexibility index (Phi) is 4.10. The average molecular weight is 170 g/mol. The normalized spacial score (nSPS) is 9.25. The lowest BCUT2D eigenvalue weighted by Gasteiger charge is -2.21. The number of hydrogen-bond acceptors (Lipinski definition) is 2. The van der Waals surface area contributed by atoms with Crippen LogP contribution in [0.1, 0.15) is 6.92 Å². The lowest BCUT2D eigenvalue weighted by molar-refractivity contribution is -0.137. The second kappa shape index (κ2) is 4.58. The first-order valence-corrected chi connectivity index (χ1v) is 3.29. The molecule has 66 valence electrons. The minimum absolute atomic E-state index is 0.246. The van der Waals surface area contributed by atoms with Crippen LogP contribution in [0.4, 0.5) is 4.79 Å². The summed E-state index contributed by atoms with van der Waals surface area (Å²) in [6.07, 6.45) is 0. The van der Waals surface area contributed by atoms with Crippen molar-refractivity contribution in [3.63, 3.8) is 0 Å². The number of nitrogens with zero attached hydrogens (tertiary/aromatic N) is 2. The summed E-state index contributed by atoms with van der Waals surface area (Å²) in [5.41, 5.74) is 0. The number of carboxylic acids is 1. The Hall–Kier alpha value is -1.26. The van der Waals surface area contributed by atoms with Crippen LogP contribution in [0.5, 0.6) is 0 Å². The highest BCUT2D eigenvalue weighted by Crippen LogP contribution is 1.95. The van der Waals surface area contributed by atoms with E-state index in [-0.39, 0.29) is 6.54 Å². The Balaban J connectivity index is 4.15. The summed E-state index contributed by atoms with van der Waals surface area (Å²) in [5.74, 6) is -1.10. The Morgan fingerprint density at radius 2 is 1.92 bits per heavy atom. The van der Waals surface area contributed by atoms with E-state index in [1.807, 2.05) is 0 Å². The maximum atomic E-state index is 10.9. The highest BCUT2D eigenvalue weighted by molar-refractivity contribution is 5.80. The molecule has 0 unspecified atom stereocenters. The number of carboxylic acid groups (broad SMARTS) is 1. The van der Waals surface area contributed by atoms with Crippen molar-refractivity contribution in [2.24, 2.45) is 0 Å². The lowest BCUT2D eigenvalue weighted by atomic mass is 10.5. The summed E-state index contributed by atoms with van der Waals surface area (Å²) in [5, 5.41) is 8.35. The van der Waals surface area contributed by atoms with Crippen LogP contribution in [0.3, 0.4) is 0 Å². The van der Waals surface area contributed by atoms with Gasteiger partial charge in [0, 0.05) is 6.54 Å². The van der Waals surface area contributed by atoms with Crippen LogP contribution in [0, 0.1) is 14.1 Å². The lowest BCUT2D eigenvalue weighted by Crippen LogP contribution is -2.40. The van der Waals surface area contributed by atoms with Crippen molar-refractivity contribution in [3.8, 4) is 0 Å². The fourth-order valence-corrected chi connectivity index (χ4v) is 0.641. The maximum Gasteiger partial charge on any atom is 0.323 e. The van der Waals surface area contributed by atoms with Crippen molar-refractivity contribution in [1.29, 1.82) is 0 Å². The highest BCUT2D eigenvalue weighted by Gasteiger charge is 2.16. The molecule has 0 aliphatic carbocycles. The quantitative estimate of drug-likeness (QED) is 0.613. The molecule has 0 saturated heterocycles. The molecule has 0 aliphatic rings. The van der Waals surface area contributed by atoms with E-state index in [2.05, 4.69) is 0 Å². The largest absolute Gasteiger partial charge is 0.480 e. The van der Waals surface area contributed by atoms with Crippen molar-refractivity contribution in [3.05, 3.63) is 14.1 Å². The number of hydrogen-bond donors (Lipinski definition) is 1. The molecular weight excluding hydrogens is 160 g/mol. The number of rotatable bonds is 3. The molecule has 0 spiro atoms. The summed E-state index contributed by atoms with van der Waals surface area (Å²) in [7, 11) is 9.83. The van der Waals surface area contributed by atoms with E-state index in [4.69, 9.17) is 19.2 Å². The molecule has 0 saturated carbocycles. The number of amides is 2. The number of carbonyl (C=O) groups excluding carboxylic acids is 1. The van der Waals surface area contributed by atoms with Crippen molar-refractivity contribution in [1.82, 2.24) is 9.80 Å². The monoisotopic (exact) mass is 170 g/mol. The molecule has 0 aromatic carbocycles. The predicted octanol–water partition coefficient (Wildman–Crippen LogP) is 0.152. The molecule has 12 heavy (non-hydrogen) atoms. The van der Waals surface area contributed by atoms with Gasteiger partial charge in [-0.2, -0.15) is 0 Å². The zero-order valence-corrected chi connectivity index (χ0v) is 6.73. The van der Waals surface area contributed by atoms with Gasteiger partial charge in [0.25, 0.3) is 0 Å². The molecule has 0 aromatic heterocycles. The summed E-state index contributed by atoms with van der Waals surface area (Å²) in [6.45, 7) is 1.47. The third kappa shape index (κ3) is 3.23. The van der Waals surface area contributed by atoms with Gasteiger partial charge in [-0.25, -0.2) is 4.79 Å². The van der Waals surface area contributed by atoms with Crippen LogP contribution in [0.25, 0.3) is 0 Å². The first-order chi connectivity index (χ1) is 5.49. The van der Waals surface area contributed by atoms with Gasteiger partial charge >= 0.3 is 12.0 Å².